The van der Waals surface area contributed by atoms with Crippen LogP contribution in [0.3, 0.4) is 0 Å². The van der Waals surface area contributed by atoms with Crippen LogP contribution in [0.2, 0.25) is 0 Å². The molecule has 0 aliphatic heterocycles. The summed E-state index contributed by atoms with van der Waals surface area (Å²) in [5, 5.41) is 0. The third-order valence-corrected chi connectivity index (χ3v) is 3.58. The number of nitrogens with zero attached hydrogens (tertiary/aromatic N) is 1. The van der Waals surface area contributed by atoms with Crippen LogP contribution in [0.15, 0.2) is 33.8 Å². The van der Waals surface area contributed by atoms with Gasteiger partial charge in [-0.05, 0) is 34.3 Å². The quantitative estimate of drug-likeness (QED) is 0.856. The first-order valence-corrected chi connectivity index (χ1v) is 6.85. The van der Waals surface area contributed by atoms with Gasteiger partial charge in [0, 0.05) is 10.5 Å². The van der Waals surface area contributed by atoms with E-state index < -0.39 is 0 Å². The standard InChI is InChI=1S/C11H12BrN3S/c1-16-8-4-2-7(3-5-8)10-11(12)15-9(6-13)14-10/h2-5H,6,13H2,1H3,(H,14,15). The third-order valence-electron chi connectivity index (χ3n) is 2.27. The Labute approximate surface area is 107 Å². The van der Waals surface area contributed by atoms with Gasteiger partial charge >= 0.3 is 0 Å². The van der Waals surface area contributed by atoms with Crippen molar-refractivity contribution in [3.05, 3.63) is 34.7 Å². The molecule has 0 atom stereocenters. The number of aromatic nitrogens is 2. The van der Waals surface area contributed by atoms with Crippen LogP contribution in [0, 0.1) is 0 Å². The third kappa shape index (κ3) is 2.31. The van der Waals surface area contributed by atoms with Crippen LogP contribution in [0.25, 0.3) is 11.3 Å². The van der Waals surface area contributed by atoms with E-state index in [0.717, 1.165) is 21.7 Å². The predicted octanol–water partition coefficient (Wildman–Crippen LogP) is 3.02. The van der Waals surface area contributed by atoms with Gasteiger partial charge in [0.15, 0.2) is 0 Å². The minimum Gasteiger partial charge on any atom is -0.335 e. The Morgan fingerprint density at radius 3 is 2.56 bits per heavy atom. The highest BCUT2D eigenvalue weighted by molar-refractivity contribution is 9.10. The topological polar surface area (TPSA) is 54.7 Å². The highest BCUT2D eigenvalue weighted by Crippen LogP contribution is 2.27. The molecule has 0 radical (unpaired) electrons. The molecular formula is C11H12BrN3S. The number of H-pyrrole nitrogens is 1. The Kier molecular flexibility index (Phi) is 3.68. The van der Waals surface area contributed by atoms with Crippen molar-refractivity contribution in [1.29, 1.82) is 0 Å². The van der Waals surface area contributed by atoms with Crippen molar-refractivity contribution in [2.45, 2.75) is 11.4 Å². The van der Waals surface area contributed by atoms with E-state index in [1.165, 1.54) is 4.90 Å². The Balaban J connectivity index is 2.38. The molecule has 2 rings (SSSR count). The first-order valence-electron chi connectivity index (χ1n) is 4.83. The number of hydrogen-bond acceptors (Lipinski definition) is 3. The number of nitrogens with one attached hydrogen (secondary N) is 1. The van der Waals surface area contributed by atoms with Crippen LogP contribution in [0.4, 0.5) is 0 Å². The molecule has 0 saturated carbocycles. The SMILES string of the molecule is CSc1ccc(-c2nc(CN)[nH]c2Br)cc1. The van der Waals surface area contributed by atoms with Gasteiger partial charge in [0.2, 0.25) is 0 Å². The number of benzene rings is 1. The second-order valence-corrected chi connectivity index (χ2v) is 4.95. The van der Waals surface area contributed by atoms with Crippen molar-refractivity contribution in [2.24, 2.45) is 5.73 Å². The molecule has 84 valence electrons. The zero-order chi connectivity index (χ0) is 11.5. The minimum absolute atomic E-state index is 0.418. The molecule has 0 aliphatic carbocycles. The zero-order valence-corrected chi connectivity index (χ0v) is 11.2. The lowest BCUT2D eigenvalue weighted by Gasteiger charge is -1.99. The summed E-state index contributed by atoms with van der Waals surface area (Å²) in [5.41, 5.74) is 7.53. The Morgan fingerprint density at radius 1 is 1.38 bits per heavy atom. The number of nitrogens with two attached hydrogens (primary N) is 1. The van der Waals surface area contributed by atoms with Gasteiger partial charge in [-0.3, -0.25) is 0 Å². The molecular weight excluding hydrogens is 286 g/mol. The second-order valence-electron chi connectivity index (χ2n) is 3.28. The lowest BCUT2D eigenvalue weighted by atomic mass is 10.2. The van der Waals surface area contributed by atoms with Crippen molar-refractivity contribution in [3.63, 3.8) is 0 Å². The van der Waals surface area contributed by atoms with Crippen LogP contribution >= 0.6 is 27.7 Å². The van der Waals surface area contributed by atoms with E-state index >= 15 is 0 Å². The van der Waals surface area contributed by atoms with Gasteiger partial charge in [-0.15, -0.1) is 11.8 Å². The van der Waals surface area contributed by atoms with Crippen LogP contribution < -0.4 is 5.73 Å². The number of thioether (sulfide) groups is 1. The predicted molar refractivity (Wildman–Crippen MR) is 71.4 cm³/mol. The molecule has 0 bridgehead atoms. The van der Waals surface area contributed by atoms with Crippen LogP contribution in [0.1, 0.15) is 5.82 Å². The van der Waals surface area contributed by atoms with Crippen LogP contribution in [0.5, 0.6) is 0 Å². The summed E-state index contributed by atoms with van der Waals surface area (Å²) in [6, 6.07) is 8.30. The molecule has 3 N–H and O–H groups in total. The molecule has 16 heavy (non-hydrogen) atoms. The molecule has 0 unspecified atom stereocenters. The smallest absolute Gasteiger partial charge is 0.121 e. The molecule has 0 aliphatic rings. The number of aromatic amines is 1. The summed E-state index contributed by atoms with van der Waals surface area (Å²) in [5.74, 6) is 0.788. The maximum absolute atomic E-state index is 5.54. The molecule has 0 spiro atoms. The van der Waals surface area contributed by atoms with Crippen molar-refractivity contribution < 1.29 is 0 Å². The first-order chi connectivity index (χ1) is 7.74. The Morgan fingerprint density at radius 2 is 2.06 bits per heavy atom. The van der Waals surface area contributed by atoms with E-state index in [1.54, 1.807) is 11.8 Å². The molecule has 0 saturated heterocycles. The van der Waals surface area contributed by atoms with Crippen molar-refractivity contribution in [2.75, 3.05) is 6.26 Å². The van der Waals surface area contributed by atoms with E-state index in [1.807, 2.05) is 0 Å². The van der Waals surface area contributed by atoms with Gasteiger partial charge < -0.3 is 10.7 Å². The number of hydrogen-bond donors (Lipinski definition) is 2. The summed E-state index contributed by atoms with van der Waals surface area (Å²) >= 11 is 5.18. The maximum atomic E-state index is 5.54. The Hall–Kier alpha value is -0.780. The summed E-state index contributed by atoms with van der Waals surface area (Å²) in [7, 11) is 0. The van der Waals surface area contributed by atoms with Crippen molar-refractivity contribution in [1.82, 2.24) is 9.97 Å². The lowest BCUT2D eigenvalue weighted by Crippen LogP contribution is -1.97. The number of imidazole rings is 1. The highest BCUT2D eigenvalue weighted by Gasteiger charge is 2.08. The van der Waals surface area contributed by atoms with Gasteiger partial charge in [0.05, 0.1) is 6.54 Å². The average molecular weight is 298 g/mol. The number of halogens is 1. The molecule has 1 aromatic carbocycles. The highest BCUT2D eigenvalue weighted by atomic mass is 79.9. The van der Waals surface area contributed by atoms with Crippen LogP contribution in [-0.4, -0.2) is 16.2 Å². The summed E-state index contributed by atoms with van der Waals surface area (Å²) in [6.45, 7) is 0.418. The summed E-state index contributed by atoms with van der Waals surface area (Å²) in [6.07, 6.45) is 2.06. The monoisotopic (exact) mass is 297 g/mol. The first kappa shape index (κ1) is 11.7. The molecule has 1 heterocycles. The normalized spacial score (nSPS) is 10.7. The fourth-order valence-electron chi connectivity index (χ4n) is 1.43. The van der Waals surface area contributed by atoms with E-state index in [9.17, 15) is 0 Å². The molecule has 0 amide bonds. The molecule has 5 heteroatoms. The largest absolute Gasteiger partial charge is 0.335 e. The van der Waals surface area contributed by atoms with Gasteiger partial charge in [0.1, 0.15) is 16.1 Å². The van der Waals surface area contributed by atoms with Gasteiger partial charge in [-0.2, -0.15) is 0 Å². The van der Waals surface area contributed by atoms with Crippen molar-refractivity contribution >= 4 is 27.7 Å². The van der Waals surface area contributed by atoms with E-state index in [0.29, 0.717) is 6.54 Å². The van der Waals surface area contributed by atoms with Gasteiger partial charge in [-0.25, -0.2) is 4.98 Å². The fraction of sp³-hybridized carbons (Fsp3) is 0.182. The molecule has 1 aromatic heterocycles. The van der Waals surface area contributed by atoms with E-state index in [2.05, 4.69) is 56.4 Å². The average Bonchev–Trinajstić information content (AvgIpc) is 2.71. The molecule has 0 fully saturated rings. The van der Waals surface area contributed by atoms with Gasteiger partial charge in [-0.1, -0.05) is 12.1 Å². The zero-order valence-electron chi connectivity index (χ0n) is 8.83. The summed E-state index contributed by atoms with van der Waals surface area (Å²) in [4.78, 5) is 8.76. The minimum atomic E-state index is 0.418. The Bertz CT molecular complexity index is 478. The van der Waals surface area contributed by atoms with Crippen molar-refractivity contribution in [3.8, 4) is 11.3 Å². The van der Waals surface area contributed by atoms with Crippen LogP contribution in [-0.2, 0) is 6.54 Å². The fourth-order valence-corrected chi connectivity index (χ4v) is 2.39. The number of rotatable bonds is 3. The van der Waals surface area contributed by atoms with Gasteiger partial charge in [0.25, 0.3) is 0 Å². The second kappa shape index (κ2) is 5.03. The van der Waals surface area contributed by atoms with E-state index in [-0.39, 0.29) is 0 Å². The maximum Gasteiger partial charge on any atom is 0.121 e. The lowest BCUT2D eigenvalue weighted by molar-refractivity contribution is 0.947. The summed E-state index contributed by atoms with van der Waals surface area (Å²) < 4.78 is 0.879. The molecule has 3 nitrogen and oxygen atoms in total. The molecule has 2 aromatic rings. The van der Waals surface area contributed by atoms with E-state index in [4.69, 9.17) is 5.73 Å².